The van der Waals surface area contributed by atoms with Crippen LogP contribution in [0.15, 0.2) is 59.1 Å². The summed E-state index contributed by atoms with van der Waals surface area (Å²) in [5, 5.41) is 1.76. The Bertz CT molecular complexity index is 842. The van der Waals surface area contributed by atoms with Gasteiger partial charge in [0, 0.05) is 4.47 Å². The third kappa shape index (κ3) is 2.64. The lowest BCUT2D eigenvalue weighted by Gasteiger charge is -2.28. The molecule has 26 heavy (non-hydrogen) atoms. The van der Waals surface area contributed by atoms with Gasteiger partial charge in [0.15, 0.2) is 6.10 Å². The number of carbonyl (C=O) groups is 2. The van der Waals surface area contributed by atoms with Gasteiger partial charge in [0.1, 0.15) is 0 Å². The minimum atomic E-state index is -0.772. The van der Waals surface area contributed by atoms with Crippen LogP contribution >= 0.6 is 15.9 Å². The van der Waals surface area contributed by atoms with Crippen molar-refractivity contribution in [2.45, 2.75) is 31.9 Å². The van der Waals surface area contributed by atoms with E-state index in [1.807, 2.05) is 48.5 Å². The second-order valence-electron chi connectivity index (χ2n) is 6.53. The molecule has 2 aromatic rings. The number of amides is 2. The summed E-state index contributed by atoms with van der Waals surface area (Å²) < 4.78 is 0.716. The Morgan fingerprint density at radius 1 is 1.00 bits per heavy atom. The Kier molecular flexibility index (Phi) is 4.54. The zero-order chi connectivity index (χ0) is 18.3. The quantitative estimate of drug-likeness (QED) is 0.711. The number of anilines is 2. The molecule has 0 aromatic heterocycles. The number of hydroxylamine groups is 1. The lowest BCUT2D eigenvalue weighted by Crippen LogP contribution is -2.40. The van der Waals surface area contributed by atoms with Crippen molar-refractivity contribution >= 4 is 39.1 Å². The standard InChI is InChI=1S/C20H19BrN2O3/c1-2-8-16-17-18(26-23(16)13-9-4-3-5-10-13)20(25)22(19(17)24)15-12-7-6-11-14(15)21/h3-7,9-12,16-18H,2,8H2,1H3/t16-,17-,18-/m1/s1. The number of para-hydroxylation sites is 2. The van der Waals surface area contributed by atoms with Crippen molar-refractivity contribution < 1.29 is 14.4 Å². The minimum absolute atomic E-state index is 0.156. The van der Waals surface area contributed by atoms with Crippen molar-refractivity contribution in [3.05, 3.63) is 59.1 Å². The van der Waals surface area contributed by atoms with Gasteiger partial charge in [-0.25, -0.2) is 9.96 Å². The molecule has 134 valence electrons. The largest absolute Gasteiger partial charge is 0.273 e. The highest BCUT2D eigenvalue weighted by atomic mass is 79.9. The maximum Gasteiger partial charge on any atom is 0.266 e. The summed E-state index contributed by atoms with van der Waals surface area (Å²) in [6.45, 7) is 2.07. The van der Waals surface area contributed by atoms with Crippen molar-refractivity contribution in [1.29, 1.82) is 0 Å². The van der Waals surface area contributed by atoms with Crippen LogP contribution in [0.3, 0.4) is 0 Å². The molecule has 2 aromatic carbocycles. The molecule has 0 N–H and O–H groups in total. The molecule has 0 aliphatic carbocycles. The van der Waals surface area contributed by atoms with Gasteiger partial charge in [-0.1, -0.05) is 43.7 Å². The zero-order valence-electron chi connectivity index (χ0n) is 14.3. The summed E-state index contributed by atoms with van der Waals surface area (Å²) in [6.07, 6.45) is 0.905. The van der Waals surface area contributed by atoms with Gasteiger partial charge < -0.3 is 0 Å². The van der Waals surface area contributed by atoms with Gasteiger partial charge in [-0.2, -0.15) is 0 Å². The molecule has 0 unspecified atom stereocenters. The van der Waals surface area contributed by atoms with E-state index in [0.29, 0.717) is 10.2 Å². The Morgan fingerprint density at radius 3 is 2.38 bits per heavy atom. The second-order valence-corrected chi connectivity index (χ2v) is 7.39. The highest BCUT2D eigenvalue weighted by Crippen LogP contribution is 2.42. The lowest BCUT2D eigenvalue weighted by atomic mass is 9.93. The minimum Gasteiger partial charge on any atom is -0.273 e. The lowest BCUT2D eigenvalue weighted by molar-refractivity contribution is -0.126. The fourth-order valence-corrected chi connectivity index (χ4v) is 4.24. The summed E-state index contributed by atoms with van der Waals surface area (Å²) in [5.41, 5.74) is 1.44. The van der Waals surface area contributed by atoms with E-state index in [1.54, 1.807) is 11.1 Å². The molecule has 0 spiro atoms. The number of rotatable bonds is 4. The molecular formula is C20H19BrN2O3. The van der Waals surface area contributed by atoms with E-state index >= 15 is 0 Å². The predicted molar refractivity (Wildman–Crippen MR) is 103 cm³/mol. The van der Waals surface area contributed by atoms with Crippen LogP contribution in [0.25, 0.3) is 0 Å². The molecule has 3 atom stereocenters. The molecule has 2 amide bonds. The van der Waals surface area contributed by atoms with Gasteiger partial charge >= 0.3 is 0 Å². The van der Waals surface area contributed by atoms with Crippen molar-refractivity contribution in [2.24, 2.45) is 5.92 Å². The first-order chi connectivity index (χ1) is 12.6. The fraction of sp³-hybridized carbons (Fsp3) is 0.300. The van der Waals surface area contributed by atoms with Crippen LogP contribution in [0.2, 0.25) is 0 Å². The van der Waals surface area contributed by atoms with Gasteiger partial charge in [0.25, 0.3) is 5.91 Å². The van der Waals surface area contributed by atoms with E-state index in [-0.39, 0.29) is 17.9 Å². The molecule has 5 nitrogen and oxygen atoms in total. The third-order valence-corrected chi connectivity index (χ3v) is 5.60. The molecular weight excluding hydrogens is 396 g/mol. The van der Waals surface area contributed by atoms with Crippen LogP contribution in [0, 0.1) is 5.92 Å². The molecule has 4 rings (SSSR count). The van der Waals surface area contributed by atoms with Gasteiger partial charge in [0.2, 0.25) is 5.91 Å². The van der Waals surface area contributed by atoms with Crippen molar-refractivity contribution in [3.63, 3.8) is 0 Å². The molecule has 0 saturated carbocycles. The Morgan fingerprint density at radius 2 is 1.69 bits per heavy atom. The summed E-state index contributed by atoms with van der Waals surface area (Å²) in [5.74, 6) is -0.982. The average Bonchev–Trinajstić information content (AvgIpc) is 3.14. The first-order valence-electron chi connectivity index (χ1n) is 8.77. The topological polar surface area (TPSA) is 49.9 Å². The maximum absolute atomic E-state index is 13.2. The van der Waals surface area contributed by atoms with Crippen LogP contribution in [0.1, 0.15) is 19.8 Å². The summed E-state index contributed by atoms with van der Waals surface area (Å²) in [4.78, 5) is 33.5. The highest BCUT2D eigenvalue weighted by molar-refractivity contribution is 9.10. The normalized spacial score (nSPS) is 25.1. The Labute approximate surface area is 160 Å². The number of fused-ring (bicyclic) bond motifs is 1. The van der Waals surface area contributed by atoms with Gasteiger partial charge in [0.05, 0.1) is 23.3 Å². The van der Waals surface area contributed by atoms with E-state index < -0.39 is 12.0 Å². The smallest absolute Gasteiger partial charge is 0.266 e. The number of hydrogen-bond acceptors (Lipinski definition) is 4. The second kappa shape index (κ2) is 6.85. The molecule has 2 heterocycles. The molecule has 2 fully saturated rings. The molecule has 0 radical (unpaired) electrons. The first-order valence-corrected chi connectivity index (χ1v) is 9.56. The van der Waals surface area contributed by atoms with Gasteiger partial charge in [-0.15, -0.1) is 0 Å². The van der Waals surface area contributed by atoms with Gasteiger partial charge in [-0.3, -0.25) is 14.4 Å². The molecule has 2 aliphatic heterocycles. The zero-order valence-corrected chi connectivity index (χ0v) is 15.9. The highest BCUT2D eigenvalue weighted by Gasteiger charge is 2.59. The van der Waals surface area contributed by atoms with E-state index in [4.69, 9.17) is 4.84 Å². The molecule has 0 bridgehead atoms. The van der Waals surface area contributed by atoms with Crippen molar-refractivity contribution in [3.8, 4) is 0 Å². The van der Waals surface area contributed by atoms with Crippen LogP contribution in [0.4, 0.5) is 11.4 Å². The monoisotopic (exact) mass is 414 g/mol. The molecule has 6 heteroatoms. The van der Waals surface area contributed by atoms with E-state index in [9.17, 15) is 9.59 Å². The first kappa shape index (κ1) is 17.2. The van der Waals surface area contributed by atoms with Gasteiger partial charge in [-0.05, 0) is 46.6 Å². The molecule has 2 saturated heterocycles. The van der Waals surface area contributed by atoms with Crippen LogP contribution in [-0.4, -0.2) is 24.0 Å². The summed E-state index contributed by atoms with van der Waals surface area (Å²) in [7, 11) is 0. The number of hydrogen-bond donors (Lipinski definition) is 0. The maximum atomic E-state index is 13.2. The summed E-state index contributed by atoms with van der Waals surface area (Å²) in [6, 6.07) is 16.8. The van der Waals surface area contributed by atoms with E-state index in [0.717, 1.165) is 18.5 Å². The number of benzene rings is 2. The molecule has 2 aliphatic rings. The third-order valence-electron chi connectivity index (χ3n) is 4.93. The van der Waals surface area contributed by atoms with Crippen LogP contribution < -0.4 is 9.96 Å². The average molecular weight is 415 g/mol. The summed E-state index contributed by atoms with van der Waals surface area (Å²) >= 11 is 3.44. The van der Waals surface area contributed by atoms with Crippen LogP contribution in [0.5, 0.6) is 0 Å². The Balaban J connectivity index is 1.70. The number of halogens is 1. The number of carbonyl (C=O) groups excluding carboxylic acids is 2. The van der Waals surface area contributed by atoms with E-state index in [2.05, 4.69) is 22.9 Å². The van der Waals surface area contributed by atoms with Crippen molar-refractivity contribution in [1.82, 2.24) is 0 Å². The van der Waals surface area contributed by atoms with Crippen LogP contribution in [-0.2, 0) is 14.4 Å². The number of imide groups is 1. The SMILES string of the molecule is CCC[C@@H]1[C@H]2C(=O)N(c3ccccc3Br)C(=O)[C@@H]2ON1c1ccccc1. The predicted octanol–water partition coefficient (Wildman–Crippen LogP) is 3.93. The van der Waals surface area contributed by atoms with Crippen molar-refractivity contribution in [2.75, 3.05) is 9.96 Å². The number of nitrogens with zero attached hydrogens (tertiary/aromatic N) is 2. The van der Waals surface area contributed by atoms with E-state index in [1.165, 1.54) is 4.90 Å². The Hall–Kier alpha value is -2.18. The fourth-order valence-electron chi connectivity index (χ4n) is 3.78.